The minimum Gasteiger partial charge on any atom is -3.00 e. The molecule has 0 atom stereocenters. The molecule has 0 saturated heterocycles. The first-order valence-corrected chi connectivity index (χ1v) is 33.3. The predicted molar refractivity (Wildman–Crippen MR) is 413 cm³/mol. The molecule has 0 amide bonds. The van der Waals surface area contributed by atoms with Crippen LogP contribution in [0.25, 0.3) is 122 Å². The topological polar surface area (TPSA) is 229 Å². The van der Waals surface area contributed by atoms with Gasteiger partial charge in [-0.3, -0.25) is 19.9 Å². The summed E-state index contributed by atoms with van der Waals surface area (Å²) in [5, 5.41) is 46.6. The van der Waals surface area contributed by atoms with Crippen molar-refractivity contribution in [2.45, 2.75) is 0 Å². The van der Waals surface area contributed by atoms with Gasteiger partial charge in [0.25, 0.3) is 0 Å². The molecule has 554 valence electrons. The quantitative estimate of drug-likeness (QED) is 0.0860. The number of benzene rings is 9. The fourth-order valence-corrected chi connectivity index (χ4v) is 11.6. The molecule has 109 heavy (non-hydrogen) atoms. The molecule has 7 aromatic heterocycles. The van der Waals surface area contributed by atoms with Crippen molar-refractivity contribution in [2.75, 3.05) is 42.7 Å². The first-order chi connectivity index (χ1) is 51.9. The van der Waals surface area contributed by atoms with Crippen LogP contribution in [0, 0.1) is 18.2 Å². The largest absolute Gasteiger partial charge is 3.00 e. The maximum Gasteiger partial charge on any atom is 0.143 e. The molecule has 9 aromatic carbocycles. The summed E-state index contributed by atoms with van der Waals surface area (Å²) in [5.74, 6) is 4.28. The average Bonchev–Trinajstić information content (AvgIpc) is 0.800. The third-order valence-electron chi connectivity index (χ3n) is 16.8. The van der Waals surface area contributed by atoms with Gasteiger partial charge in [0.1, 0.15) is 68.8 Å². The second-order valence-corrected chi connectivity index (χ2v) is 23.4. The molecule has 16 rings (SSSR count). The number of fused-ring (bicyclic) bond motifs is 3. The summed E-state index contributed by atoms with van der Waals surface area (Å²) in [6.45, 7) is 0. The Bertz CT molecular complexity index is 5050. The number of aromatic nitrogens is 7. The van der Waals surface area contributed by atoms with Crippen LogP contribution in [0.4, 0.5) is 0 Å². The standard InChI is InChI=1S/3C23H18NO2.2C10H8N2O2.3Ir/c3*1-25-20-13-19(14-21(15-20)26-2)17-7-5-8-18(12-17)23-22-9-4-3-6-16(22)10-11-24-23;2*13-7-3-1-5-11-9(7)10-8(14)4-2-6-12-10;;;/h3*3-7,9-15H,1-2H3;2*1-6,13-14H;;;/q3*-1;;;;;-3/p-1. The zero-order valence-corrected chi connectivity index (χ0v) is 66.7. The zero-order chi connectivity index (χ0) is 73.7. The van der Waals surface area contributed by atoms with E-state index in [1.165, 1.54) is 65.2 Å². The number of pyridine rings is 7. The second-order valence-electron chi connectivity index (χ2n) is 23.4. The van der Waals surface area contributed by atoms with E-state index in [0.717, 1.165) is 118 Å². The van der Waals surface area contributed by atoms with Gasteiger partial charge in [0.15, 0.2) is 0 Å². The van der Waals surface area contributed by atoms with Gasteiger partial charge in [0, 0.05) is 102 Å². The third-order valence-corrected chi connectivity index (χ3v) is 16.8. The molecular formula is C89H69Ir3N7O10-7. The molecule has 0 unspecified atom stereocenters. The smallest absolute Gasteiger partial charge is 0.143 e. The monoisotopic (exact) mass is 1970 g/mol. The molecule has 0 saturated carbocycles. The molecule has 7 heterocycles. The van der Waals surface area contributed by atoms with E-state index in [4.69, 9.17) is 28.4 Å². The van der Waals surface area contributed by atoms with Gasteiger partial charge in [-0.1, -0.05) is 84.6 Å². The molecule has 17 nitrogen and oxygen atoms in total. The van der Waals surface area contributed by atoms with E-state index in [1.54, 1.807) is 66.9 Å². The summed E-state index contributed by atoms with van der Waals surface area (Å²) in [6, 6.07) is 88.8. The Hall–Kier alpha value is -12.2. The van der Waals surface area contributed by atoms with Crippen LogP contribution in [-0.2, 0) is 60.3 Å². The van der Waals surface area contributed by atoms with Crippen molar-refractivity contribution in [3.8, 4) is 147 Å². The molecule has 20 heteroatoms. The molecule has 0 spiro atoms. The molecule has 2 radical (unpaired) electrons. The molecule has 16 aromatic rings. The third kappa shape index (κ3) is 20.1. The summed E-state index contributed by atoms with van der Waals surface area (Å²) in [6.07, 6.45) is 11.6. The number of nitrogens with zero attached hydrogens (tertiary/aromatic N) is 7. The molecule has 0 aliphatic heterocycles. The van der Waals surface area contributed by atoms with E-state index < -0.39 is 0 Å². The van der Waals surface area contributed by atoms with Gasteiger partial charge in [-0.05, 0) is 163 Å². The summed E-state index contributed by atoms with van der Waals surface area (Å²) >= 11 is 0. The van der Waals surface area contributed by atoms with Crippen molar-refractivity contribution >= 4 is 32.3 Å². The second kappa shape index (κ2) is 39.4. The van der Waals surface area contributed by atoms with Gasteiger partial charge in [-0.15, -0.1) is 106 Å². The number of hydrogen-bond acceptors (Lipinski definition) is 17. The van der Waals surface area contributed by atoms with Gasteiger partial charge in [-0.25, -0.2) is 0 Å². The number of hydrogen-bond donors (Lipinski definition) is 3. The average molecular weight is 1970 g/mol. The number of aromatic hydroxyl groups is 3. The molecule has 0 aliphatic carbocycles. The number of rotatable bonds is 14. The Morgan fingerprint density at radius 2 is 0.523 bits per heavy atom. The van der Waals surface area contributed by atoms with Crippen LogP contribution in [-0.4, -0.2) is 92.9 Å². The van der Waals surface area contributed by atoms with Crippen LogP contribution in [0.15, 0.2) is 292 Å². The number of methoxy groups -OCH3 is 6. The van der Waals surface area contributed by atoms with Crippen molar-refractivity contribution < 1.29 is 109 Å². The van der Waals surface area contributed by atoms with Gasteiger partial charge in [0.2, 0.25) is 0 Å². The molecular weight excluding hydrogens is 1900 g/mol. The van der Waals surface area contributed by atoms with Gasteiger partial charge >= 0.3 is 0 Å². The maximum absolute atomic E-state index is 11.4. The van der Waals surface area contributed by atoms with E-state index in [2.05, 4.69) is 108 Å². The van der Waals surface area contributed by atoms with Crippen LogP contribution in [0.2, 0.25) is 0 Å². The first-order valence-electron chi connectivity index (χ1n) is 33.3. The maximum atomic E-state index is 11.4. The zero-order valence-electron chi connectivity index (χ0n) is 59.5. The van der Waals surface area contributed by atoms with E-state index in [-0.39, 0.29) is 106 Å². The fourth-order valence-electron chi connectivity index (χ4n) is 11.6. The van der Waals surface area contributed by atoms with Crippen LogP contribution >= 0.6 is 0 Å². The Labute approximate surface area is 671 Å². The van der Waals surface area contributed by atoms with E-state index in [1.807, 2.05) is 164 Å². The molecule has 0 bridgehead atoms. The number of ether oxygens (including phenoxy) is 6. The van der Waals surface area contributed by atoms with E-state index in [0.29, 0.717) is 0 Å². The van der Waals surface area contributed by atoms with Crippen molar-refractivity contribution in [1.29, 1.82) is 0 Å². The van der Waals surface area contributed by atoms with Crippen molar-refractivity contribution in [1.82, 2.24) is 34.9 Å². The van der Waals surface area contributed by atoms with Crippen molar-refractivity contribution in [3.63, 3.8) is 0 Å². The molecule has 3 N–H and O–H groups in total. The van der Waals surface area contributed by atoms with Crippen LogP contribution < -0.4 is 33.5 Å². The van der Waals surface area contributed by atoms with Crippen LogP contribution in [0.3, 0.4) is 0 Å². The Balaban J connectivity index is 0.000000160. The minimum absolute atomic E-state index is 0. The van der Waals surface area contributed by atoms with Crippen LogP contribution in [0.1, 0.15) is 0 Å². The SMILES string of the molecule is COc1cc(OC)cc(-c2cc[c-]c(-c3nccc4ccccc34)c2)c1.COc1cc(OC)cc(-c2cc[c-]c(-c3nccc4ccccc34)c2)c1.COc1cc(OC)cc(-c2cc[c-]c(-c3nccc4ccccc34)c2)c1.Oc1cccnc1-c1ncccc1O.[Ir-3].[Ir].[Ir].[O-]c1cccnc1-c1ncccc1O. The van der Waals surface area contributed by atoms with Crippen molar-refractivity contribution in [3.05, 3.63) is 310 Å². The Morgan fingerprint density at radius 3 is 0.798 bits per heavy atom. The van der Waals surface area contributed by atoms with Gasteiger partial charge in [0.05, 0.1) is 48.4 Å². The summed E-state index contributed by atoms with van der Waals surface area (Å²) in [4.78, 5) is 29.4. The van der Waals surface area contributed by atoms with E-state index in [9.17, 15) is 20.4 Å². The van der Waals surface area contributed by atoms with Crippen molar-refractivity contribution in [2.24, 2.45) is 0 Å². The summed E-state index contributed by atoms with van der Waals surface area (Å²) in [5.41, 5.74) is 12.9. The summed E-state index contributed by atoms with van der Waals surface area (Å²) in [7, 11) is 9.93. The van der Waals surface area contributed by atoms with Crippen LogP contribution in [0.5, 0.6) is 57.5 Å². The van der Waals surface area contributed by atoms with Gasteiger partial charge < -0.3 is 83.9 Å². The fraction of sp³-hybridized carbons (Fsp3) is 0.0674. The summed E-state index contributed by atoms with van der Waals surface area (Å²) < 4.78 is 32.3. The minimum atomic E-state index is -0.249. The van der Waals surface area contributed by atoms with E-state index >= 15 is 0 Å². The molecule has 0 aliphatic rings. The predicted octanol–water partition coefficient (Wildman–Crippen LogP) is 18.6. The van der Waals surface area contributed by atoms with Gasteiger partial charge in [-0.2, -0.15) is 0 Å². The normalized spacial score (nSPS) is 10.2. The molecule has 0 fully saturated rings. The first kappa shape index (κ1) is 80.8. The Kier molecular flexibility index (Phi) is 29.2. The Morgan fingerprint density at radius 1 is 0.266 bits per heavy atom.